The highest BCUT2D eigenvalue weighted by Gasteiger charge is 2.30. The number of aromatic nitrogens is 1. The lowest BCUT2D eigenvalue weighted by Crippen LogP contribution is -2.41. The number of anilines is 1. The van der Waals surface area contributed by atoms with Crippen LogP contribution in [0.3, 0.4) is 0 Å². The molecule has 0 N–H and O–H groups in total. The van der Waals surface area contributed by atoms with Crippen molar-refractivity contribution in [2.45, 2.75) is 25.7 Å². The predicted octanol–water partition coefficient (Wildman–Crippen LogP) is 2.71. The lowest BCUT2D eigenvalue weighted by Gasteiger charge is -2.31. The summed E-state index contributed by atoms with van der Waals surface area (Å²) in [5, 5.41) is 0.299. The molecule has 2 fully saturated rings. The molecular weight excluding hydrogens is 293 g/mol. The van der Waals surface area contributed by atoms with Crippen LogP contribution < -0.4 is 4.90 Å². The Balaban J connectivity index is 1.66. The Morgan fingerprint density at radius 3 is 2.71 bits per heavy atom. The third kappa shape index (κ3) is 3.12. The van der Waals surface area contributed by atoms with Crippen molar-refractivity contribution in [1.29, 1.82) is 0 Å². The van der Waals surface area contributed by atoms with Crippen molar-refractivity contribution >= 4 is 23.3 Å². The van der Waals surface area contributed by atoms with Gasteiger partial charge in [-0.3, -0.25) is 4.79 Å². The summed E-state index contributed by atoms with van der Waals surface area (Å²) in [6, 6.07) is 1.28. The Morgan fingerprint density at radius 2 is 2.05 bits per heavy atom. The maximum absolute atomic E-state index is 13.9. The number of pyridine rings is 1. The number of hydrogen-bond acceptors (Lipinski definition) is 3. The highest BCUT2D eigenvalue weighted by atomic mass is 35.5. The summed E-state index contributed by atoms with van der Waals surface area (Å²) < 4.78 is 13.9. The van der Waals surface area contributed by atoms with Crippen LogP contribution in [0.1, 0.15) is 25.7 Å². The molecular formula is C15H19ClFN3O. The molecule has 1 aliphatic carbocycles. The first-order valence-corrected chi connectivity index (χ1v) is 7.88. The zero-order valence-electron chi connectivity index (χ0n) is 11.9. The first-order valence-electron chi connectivity index (χ1n) is 7.50. The second-order valence-corrected chi connectivity index (χ2v) is 6.19. The fourth-order valence-corrected chi connectivity index (χ4v) is 3.05. The maximum Gasteiger partial charge on any atom is 0.225 e. The topological polar surface area (TPSA) is 36.4 Å². The van der Waals surface area contributed by atoms with Gasteiger partial charge in [-0.15, -0.1) is 0 Å². The molecule has 1 amide bonds. The van der Waals surface area contributed by atoms with Gasteiger partial charge in [-0.05, 0) is 25.3 Å². The molecule has 4 nitrogen and oxygen atoms in total. The third-order valence-electron chi connectivity index (χ3n) is 4.35. The van der Waals surface area contributed by atoms with E-state index in [9.17, 15) is 9.18 Å². The van der Waals surface area contributed by atoms with E-state index in [1.165, 1.54) is 12.3 Å². The Bertz CT molecular complexity index is 536. The van der Waals surface area contributed by atoms with Crippen LogP contribution in [0.2, 0.25) is 5.02 Å². The van der Waals surface area contributed by atoms with Crippen molar-refractivity contribution < 1.29 is 9.18 Å². The van der Waals surface area contributed by atoms with E-state index < -0.39 is 5.82 Å². The number of nitrogens with zero attached hydrogens (tertiary/aromatic N) is 3. The SMILES string of the molecule is O=C(C1CCC1)N1CCCN(c2ncc(Cl)cc2F)CC1. The monoisotopic (exact) mass is 311 g/mol. The van der Waals surface area contributed by atoms with E-state index in [-0.39, 0.29) is 11.8 Å². The van der Waals surface area contributed by atoms with Gasteiger partial charge < -0.3 is 9.80 Å². The summed E-state index contributed by atoms with van der Waals surface area (Å²) in [5.74, 6) is 0.424. The lowest BCUT2D eigenvalue weighted by atomic mass is 9.84. The normalized spacial score (nSPS) is 20.1. The van der Waals surface area contributed by atoms with Gasteiger partial charge in [-0.25, -0.2) is 9.37 Å². The molecule has 1 aromatic rings. The lowest BCUT2D eigenvalue weighted by molar-refractivity contribution is -0.137. The molecule has 0 radical (unpaired) electrons. The van der Waals surface area contributed by atoms with Gasteiger partial charge in [0.05, 0.1) is 5.02 Å². The van der Waals surface area contributed by atoms with Crippen molar-refractivity contribution in [2.75, 3.05) is 31.1 Å². The third-order valence-corrected chi connectivity index (χ3v) is 4.56. The van der Waals surface area contributed by atoms with Crippen LogP contribution in [-0.2, 0) is 4.79 Å². The first kappa shape index (κ1) is 14.6. The van der Waals surface area contributed by atoms with Crippen LogP contribution >= 0.6 is 11.6 Å². The fourth-order valence-electron chi connectivity index (χ4n) is 2.90. The summed E-state index contributed by atoms with van der Waals surface area (Å²) in [5.41, 5.74) is 0. The van der Waals surface area contributed by atoms with E-state index in [0.29, 0.717) is 30.5 Å². The highest BCUT2D eigenvalue weighted by molar-refractivity contribution is 6.30. The number of rotatable bonds is 2. The van der Waals surface area contributed by atoms with E-state index >= 15 is 0 Å². The largest absolute Gasteiger partial charge is 0.352 e. The average molecular weight is 312 g/mol. The summed E-state index contributed by atoms with van der Waals surface area (Å²) in [6.45, 7) is 2.71. The Labute approximate surface area is 128 Å². The van der Waals surface area contributed by atoms with E-state index in [1.54, 1.807) is 0 Å². The first-order chi connectivity index (χ1) is 10.1. The summed E-state index contributed by atoms with van der Waals surface area (Å²) in [6.07, 6.45) is 5.50. The summed E-state index contributed by atoms with van der Waals surface area (Å²) in [4.78, 5) is 20.2. The van der Waals surface area contributed by atoms with Crippen molar-refractivity contribution in [1.82, 2.24) is 9.88 Å². The average Bonchev–Trinajstić information content (AvgIpc) is 2.62. The van der Waals surface area contributed by atoms with Crippen LogP contribution in [-0.4, -0.2) is 42.0 Å². The molecule has 1 aliphatic heterocycles. The summed E-state index contributed by atoms with van der Waals surface area (Å²) >= 11 is 5.74. The number of carbonyl (C=O) groups is 1. The fraction of sp³-hybridized carbons (Fsp3) is 0.600. The molecule has 2 heterocycles. The molecule has 0 unspecified atom stereocenters. The minimum atomic E-state index is -0.402. The molecule has 114 valence electrons. The molecule has 1 saturated carbocycles. The van der Waals surface area contributed by atoms with E-state index in [0.717, 1.165) is 32.2 Å². The van der Waals surface area contributed by atoms with E-state index in [4.69, 9.17) is 11.6 Å². The van der Waals surface area contributed by atoms with Gasteiger partial charge in [0.1, 0.15) is 0 Å². The number of hydrogen-bond donors (Lipinski definition) is 0. The predicted molar refractivity (Wildman–Crippen MR) is 80.0 cm³/mol. The minimum Gasteiger partial charge on any atom is -0.352 e. The maximum atomic E-state index is 13.9. The summed E-state index contributed by atoms with van der Waals surface area (Å²) in [7, 11) is 0. The molecule has 0 spiro atoms. The Morgan fingerprint density at radius 1 is 1.24 bits per heavy atom. The zero-order chi connectivity index (χ0) is 14.8. The Kier molecular flexibility index (Phi) is 4.29. The van der Waals surface area contributed by atoms with Crippen LogP contribution in [0.5, 0.6) is 0 Å². The molecule has 21 heavy (non-hydrogen) atoms. The molecule has 6 heteroatoms. The van der Waals surface area contributed by atoms with Gasteiger partial charge >= 0.3 is 0 Å². The van der Waals surface area contributed by atoms with Crippen LogP contribution in [0.15, 0.2) is 12.3 Å². The van der Waals surface area contributed by atoms with Gasteiger partial charge in [0.15, 0.2) is 11.6 Å². The standard InChI is InChI=1S/C15H19ClFN3O/c16-12-9-13(17)14(18-10-12)19-5-2-6-20(8-7-19)15(21)11-3-1-4-11/h9-11H,1-8H2. The van der Waals surface area contributed by atoms with Crippen LogP contribution in [0.4, 0.5) is 10.2 Å². The van der Waals surface area contributed by atoms with Gasteiger partial charge in [0.2, 0.25) is 5.91 Å². The second kappa shape index (κ2) is 6.18. The zero-order valence-corrected chi connectivity index (χ0v) is 12.7. The van der Waals surface area contributed by atoms with Crippen molar-refractivity contribution in [3.05, 3.63) is 23.1 Å². The smallest absolute Gasteiger partial charge is 0.225 e. The van der Waals surface area contributed by atoms with Crippen LogP contribution in [0, 0.1) is 11.7 Å². The second-order valence-electron chi connectivity index (χ2n) is 5.75. The highest BCUT2D eigenvalue weighted by Crippen LogP contribution is 2.29. The number of halogens is 2. The molecule has 0 atom stereocenters. The minimum absolute atomic E-state index is 0.224. The number of carbonyl (C=O) groups excluding carboxylic acids is 1. The Hall–Kier alpha value is -1.36. The molecule has 1 saturated heterocycles. The quantitative estimate of drug-likeness (QED) is 0.842. The van der Waals surface area contributed by atoms with Crippen molar-refractivity contribution in [2.24, 2.45) is 5.92 Å². The van der Waals surface area contributed by atoms with E-state index in [1.807, 2.05) is 9.80 Å². The van der Waals surface area contributed by atoms with Gasteiger partial charge in [-0.1, -0.05) is 18.0 Å². The molecule has 0 aromatic carbocycles. The van der Waals surface area contributed by atoms with Gasteiger partial charge in [0.25, 0.3) is 0 Å². The molecule has 3 rings (SSSR count). The van der Waals surface area contributed by atoms with Gasteiger partial charge in [0, 0.05) is 38.3 Å². The molecule has 1 aromatic heterocycles. The van der Waals surface area contributed by atoms with E-state index in [2.05, 4.69) is 4.98 Å². The van der Waals surface area contributed by atoms with Gasteiger partial charge in [-0.2, -0.15) is 0 Å². The number of amides is 1. The van der Waals surface area contributed by atoms with Crippen molar-refractivity contribution in [3.8, 4) is 0 Å². The molecule has 2 aliphatic rings. The van der Waals surface area contributed by atoms with Crippen molar-refractivity contribution in [3.63, 3.8) is 0 Å². The molecule has 0 bridgehead atoms. The van der Waals surface area contributed by atoms with Crippen LogP contribution in [0.25, 0.3) is 0 Å².